The number of carbonyl (C=O) groups is 1. The van der Waals surface area contributed by atoms with Crippen LogP contribution in [0.25, 0.3) is 0 Å². The molecule has 1 aliphatic heterocycles. The van der Waals surface area contributed by atoms with Crippen LogP contribution in [0.1, 0.15) is 33.6 Å². The summed E-state index contributed by atoms with van der Waals surface area (Å²) < 4.78 is 0. The molecule has 1 saturated heterocycles. The molecular formula is C12H25N3O. The number of piperidine rings is 1. The van der Waals surface area contributed by atoms with E-state index in [-0.39, 0.29) is 11.9 Å². The van der Waals surface area contributed by atoms with Gasteiger partial charge in [0.1, 0.15) is 0 Å². The van der Waals surface area contributed by atoms with Gasteiger partial charge in [-0.3, -0.25) is 9.69 Å². The minimum atomic E-state index is 0.136. The van der Waals surface area contributed by atoms with Crippen molar-refractivity contribution >= 4 is 5.91 Å². The number of carbonyl (C=O) groups excluding carboxylic acids is 1. The van der Waals surface area contributed by atoms with Crippen LogP contribution in [0.2, 0.25) is 0 Å². The third-order valence-corrected chi connectivity index (χ3v) is 3.39. The van der Waals surface area contributed by atoms with Crippen LogP contribution in [0.4, 0.5) is 0 Å². The lowest BCUT2D eigenvalue weighted by atomic mass is 10.1. The lowest BCUT2D eigenvalue weighted by Gasteiger charge is -2.30. The third-order valence-electron chi connectivity index (χ3n) is 3.39. The molecule has 16 heavy (non-hydrogen) atoms. The largest absolute Gasteiger partial charge is 0.352 e. The zero-order valence-corrected chi connectivity index (χ0v) is 10.7. The first-order chi connectivity index (χ1) is 7.49. The van der Waals surface area contributed by atoms with Crippen molar-refractivity contribution in [3.05, 3.63) is 0 Å². The number of nitrogens with zero attached hydrogens (tertiary/aromatic N) is 1. The molecule has 1 atom stereocenters. The fourth-order valence-electron chi connectivity index (χ4n) is 1.78. The molecule has 1 unspecified atom stereocenters. The smallest absolute Gasteiger partial charge is 0.234 e. The molecule has 3 N–H and O–H groups in total. The summed E-state index contributed by atoms with van der Waals surface area (Å²) in [5.74, 6) is 0.621. The van der Waals surface area contributed by atoms with Gasteiger partial charge in [-0.25, -0.2) is 0 Å². The molecule has 0 bridgehead atoms. The molecule has 1 fully saturated rings. The van der Waals surface area contributed by atoms with Gasteiger partial charge in [0.2, 0.25) is 5.91 Å². The average Bonchev–Trinajstić information content (AvgIpc) is 2.21. The molecule has 4 heteroatoms. The number of hydrogen-bond acceptors (Lipinski definition) is 3. The Labute approximate surface area is 98.6 Å². The quantitative estimate of drug-likeness (QED) is 0.738. The first-order valence-corrected chi connectivity index (χ1v) is 6.26. The Kier molecular flexibility index (Phi) is 5.22. The number of likely N-dealkylation sites (tertiary alicyclic amines) is 1. The molecule has 94 valence electrons. The summed E-state index contributed by atoms with van der Waals surface area (Å²) in [6.45, 7) is 8.70. The van der Waals surface area contributed by atoms with Crippen molar-refractivity contribution in [3.8, 4) is 0 Å². The summed E-state index contributed by atoms with van der Waals surface area (Å²) in [6, 6.07) is 0.577. The Bertz CT molecular complexity index is 222. The third kappa shape index (κ3) is 4.49. The average molecular weight is 227 g/mol. The second-order valence-corrected chi connectivity index (χ2v) is 5.21. The summed E-state index contributed by atoms with van der Waals surface area (Å²) in [4.78, 5) is 13.9. The first kappa shape index (κ1) is 13.5. The highest BCUT2D eigenvalue weighted by atomic mass is 16.2. The van der Waals surface area contributed by atoms with Crippen LogP contribution in [0.3, 0.4) is 0 Å². The maximum absolute atomic E-state index is 11.7. The monoisotopic (exact) mass is 227 g/mol. The van der Waals surface area contributed by atoms with E-state index in [9.17, 15) is 4.79 Å². The van der Waals surface area contributed by atoms with E-state index < -0.39 is 0 Å². The molecule has 0 radical (unpaired) electrons. The van der Waals surface area contributed by atoms with Crippen LogP contribution >= 0.6 is 0 Å². The van der Waals surface area contributed by atoms with Crippen molar-refractivity contribution in [2.75, 3.05) is 19.6 Å². The van der Waals surface area contributed by atoms with Gasteiger partial charge in [0.15, 0.2) is 0 Å². The van der Waals surface area contributed by atoms with Gasteiger partial charge in [0.25, 0.3) is 0 Å². The molecule has 0 aliphatic carbocycles. The number of nitrogens with one attached hydrogen (secondary N) is 1. The van der Waals surface area contributed by atoms with E-state index in [1.807, 2.05) is 0 Å². The Morgan fingerprint density at radius 3 is 2.44 bits per heavy atom. The topological polar surface area (TPSA) is 58.4 Å². The summed E-state index contributed by atoms with van der Waals surface area (Å²) in [6.07, 6.45) is 2.01. The number of amides is 1. The molecule has 0 saturated carbocycles. The highest BCUT2D eigenvalue weighted by Crippen LogP contribution is 2.07. The van der Waals surface area contributed by atoms with Gasteiger partial charge in [0, 0.05) is 25.2 Å². The van der Waals surface area contributed by atoms with E-state index in [0.29, 0.717) is 18.5 Å². The molecule has 1 aliphatic rings. The van der Waals surface area contributed by atoms with Crippen molar-refractivity contribution in [3.63, 3.8) is 0 Å². The van der Waals surface area contributed by atoms with Crippen molar-refractivity contribution in [1.29, 1.82) is 0 Å². The van der Waals surface area contributed by atoms with Crippen LogP contribution in [-0.4, -0.2) is 42.5 Å². The highest BCUT2D eigenvalue weighted by molar-refractivity contribution is 5.78. The second kappa shape index (κ2) is 6.21. The van der Waals surface area contributed by atoms with Gasteiger partial charge in [-0.15, -0.1) is 0 Å². The first-order valence-electron chi connectivity index (χ1n) is 6.26. The van der Waals surface area contributed by atoms with E-state index in [1.54, 1.807) is 0 Å². The highest BCUT2D eigenvalue weighted by Gasteiger charge is 2.19. The van der Waals surface area contributed by atoms with Gasteiger partial charge in [-0.1, -0.05) is 13.8 Å². The molecule has 0 aromatic rings. The van der Waals surface area contributed by atoms with Crippen LogP contribution in [0.5, 0.6) is 0 Å². The van der Waals surface area contributed by atoms with Gasteiger partial charge < -0.3 is 11.1 Å². The Morgan fingerprint density at radius 2 is 1.94 bits per heavy atom. The normalized spacial score (nSPS) is 21.1. The van der Waals surface area contributed by atoms with E-state index in [0.717, 1.165) is 25.9 Å². The zero-order chi connectivity index (χ0) is 12.1. The Hall–Kier alpha value is -0.610. The van der Waals surface area contributed by atoms with Crippen molar-refractivity contribution < 1.29 is 4.79 Å². The minimum absolute atomic E-state index is 0.136. The lowest BCUT2D eigenvalue weighted by molar-refractivity contribution is -0.123. The second-order valence-electron chi connectivity index (χ2n) is 5.21. The molecule has 1 rings (SSSR count). The lowest BCUT2D eigenvalue weighted by Crippen LogP contribution is -2.46. The fraction of sp³-hybridized carbons (Fsp3) is 0.917. The van der Waals surface area contributed by atoms with Gasteiger partial charge in [0.05, 0.1) is 6.54 Å². The minimum Gasteiger partial charge on any atom is -0.352 e. The molecule has 1 heterocycles. The standard InChI is InChI=1S/C12H25N3O/c1-9(2)10(3)14-12(16)8-15-6-4-11(13)5-7-15/h9-11H,4-8,13H2,1-3H3,(H,14,16). The predicted octanol–water partition coefficient (Wildman–Crippen LogP) is 0.570. The van der Waals surface area contributed by atoms with E-state index in [2.05, 4.69) is 31.0 Å². The van der Waals surface area contributed by atoms with Crippen LogP contribution in [-0.2, 0) is 4.79 Å². The van der Waals surface area contributed by atoms with Crippen molar-refractivity contribution in [2.24, 2.45) is 11.7 Å². The molecule has 0 aromatic carbocycles. The SMILES string of the molecule is CC(C)C(C)NC(=O)CN1CCC(N)CC1. The van der Waals surface area contributed by atoms with Crippen LogP contribution < -0.4 is 11.1 Å². The summed E-state index contributed by atoms with van der Waals surface area (Å²) in [5, 5.41) is 3.03. The van der Waals surface area contributed by atoms with Crippen LogP contribution in [0.15, 0.2) is 0 Å². The van der Waals surface area contributed by atoms with E-state index in [1.165, 1.54) is 0 Å². The van der Waals surface area contributed by atoms with Gasteiger partial charge >= 0.3 is 0 Å². The zero-order valence-electron chi connectivity index (χ0n) is 10.7. The Balaban J connectivity index is 2.24. The maximum atomic E-state index is 11.7. The Morgan fingerprint density at radius 1 is 1.38 bits per heavy atom. The van der Waals surface area contributed by atoms with E-state index in [4.69, 9.17) is 5.73 Å². The van der Waals surface area contributed by atoms with Crippen LogP contribution in [0, 0.1) is 5.92 Å². The predicted molar refractivity (Wildman–Crippen MR) is 66.1 cm³/mol. The van der Waals surface area contributed by atoms with E-state index >= 15 is 0 Å². The molecule has 0 aromatic heterocycles. The number of hydrogen-bond donors (Lipinski definition) is 2. The van der Waals surface area contributed by atoms with Crippen molar-refractivity contribution in [2.45, 2.75) is 45.7 Å². The number of rotatable bonds is 4. The fourth-order valence-corrected chi connectivity index (χ4v) is 1.78. The number of nitrogens with two attached hydrogens (primary N) is 1. The molecule has 1 amide bonds. The summed E-state index contributed by atoms with van der Waals surface area (Å²) >= 11 is 0. The molecule has 0 spiro atoms. The molecular weight excluding hydrogens is 202 g/mol. The van der Waals surface area contributed by atoms with Crippen molar-refractivity contribution in [1.82, 2.24) is 10.2 Å². The van der Waals surface area contributed by atoms with Gasteiger partial charge in [-0.05, 0) is 25.7 Å². The summed E-state index contributed by atoms with van der Waals surface area (Å²) in [5.41, 5.74) is 5.82. The maximum Gasteiger partial charge on any atom is 0.234 e. The summed E-state index contributed by atoms with van der Waals surface area (Å²) in [7, 11) is 0. The molecule has 4 nitrogen and oxygen atoms in total. The van der Waals surface area contributed by atoms with Gasteiger partial charge in [-0.2, -0.15) is 0 Å².